The molecule has 0 aliphatic carbocycles. The molecule has 0 bridgehead atoms. The van der Waals surface area contributed by atoms with Crippen molar-refractivity contribution in [3.05, 3.63) is 52.1 Å². The Bertz CT molecular complexity index is 1290. The van der Waals surface area contributed by atoms with E-state index in [1.165, 1.54) is 76.0 Å². The zero-order chi connectivity index (χ0) is 35.3. The summed E-state index contributed by atoms with van der Waals surface area (Å²) < 4.78 is 6.60. The smallest absolute Gasteiger partial charge is 0.326 e. The molecule has 1 aliphatic rings. The maximum absolute atomic E-state index is 10.8. The Kier molecular flexibility index (Phi) is 16.1. The molecule has 0 fully saturated rings. The minimum absolute atomic E-state index is 0.0712. The molecule has 2 aromatic rings. The van der Waals surface area contributed by atoms with Crippen molar-refractivity contribution in [1.82, 2.24) is 5.32 Å². The van der Waals surface area contributed by atoms with Crippen molar-refractivity contribution >= 4 is 11.9 Å². The Morgan fingerprint density at radius 3 is 1.94 bits per heavy atom. The zero-order valence-corrected chi connectivity index (χ0v) is 30.7. The van der Waals surface area contributed by atoms with Gasteiger partial charge in [0.2, 0.25) is 5.91 Å². The number of carbonyl (C=O) groups is 2. The second-order valence-electron chi connectivity index (χ2n) is 14.9. The lowest BCUT2D eigenvalue weighted by Gasteiger charge is -2.38. The summed E-state index contributed by atoms with van der Waals surface area (Å²) in [5.74, 6) is 2.69. The summed E-state index contributed by atoms with van der Waals surface area (Å²) >= 11 is 0. The molecule has 3 unspecified atom stereocenters. The molecule has 3 rings (SSSR count). The Morgan fingerprint density at radius 1 is 0.851 bits per heavy atom. The van der Waals surface area contributed by atoms with Crippen molar-refractivity contribution in [3.63, 3.8) is 0 Å². The van der Waals surface area contributed by atoms with Gasteiger partial charge in [-0.1, -0.05) is 84.8 Å². The van der Waals surface area contributed by atoms with Crippen molar-refractivity contribution in [3.8, 4) is 17.2 Å². The van der Waals surface area contributed by atoms with Crippen molar-refractivity contribution in [2.45, 2.75) is 151 Å². The first-order chi connectivity index (χ1) is 22.0. The summed E-state index contributed by atoms with van der Waals surface area (Å²) in [6.07, 6.45) is 14.2. The molecule has 1 aliphatic heterocycles. The number of hydrogen-bond donors (Lipinski definition) is 4. The molecule has 7 heteroatoms. The number of benzene rings is 2. The molecule has 1 amide bonds. The molecule has 0 radical (unpaired) electrons. The molecule has 0 aromatic heterocycles. The molecule has 0 spiro atoms. The topological polar surface area (TPSA) is 116 Å². The predicted octanol–water partition coefficient (Wildman–Crippen LogP) is 9.36. The van der Waals surface area contributed by atoms with Gasteiger partial charge in [-0.15, -0.1) is 0 Å². The normalized spacial score (nSPS) is 17.5. The molecule has 0 saturated heterocycles. The van der Waals surface area contributed by atoms with Crippen LogP contribution in [0.3, 0.4) is 0 Å². The van der Waals surface area contributed by atoms with E-state index in [2.05, 4.69) is 46.9 Å². The minimum Gasteiger partial charge on any atom is -0.508 e. The number of amides is 1. The molecular formula is C40H63NO6. The Balaban J connectivity index is 0.000000403. The number of fused-ring (bicyclic) bond motifs is 1. The van der Waals surface area contributed by atoms with Gasteiger partial charge in [0.25, 0.3) is 0 Å². The highest BCUT2D eigenvalue weighted by Crippen LogP contribution is 2.44. The summed E-state index contributed by atoms with van der Waals surface area (Å²) in [7, 11) is 0. The van der Waals surface area contributed by atoms with E-state index in [9.17, 15) is 14.7 Å². The van der Waals surface area contributed by atoms with Crippen molar-refractivity contribution in [1.29, 1.82) is 0 Å². The average molecular weight is 654 g/mol. The standard InChI is InChI=1S/C29H50O2.C11H13NO4/c1-20(2)12-9-13-21(3)14-10-15-22(4)16-11-18-29(8)19-17-26-25(7)27(30)23(5)24(6)28(26)31-29;1-7(13)12-10(11(15)16)6-8-2-4-9(14)5-3-8/h20-22,30H,9-19H2,1-8H3;2-5,10,14H,6H2,1H3,(H,12,13)(H,15,16)/t21?,22?,29-;/m1./s1. The first kappa shape index (κ1) is 40.0. The van der Waals surface area contributed by atoms with Crippen LogP contribution in [-0.4, -0.2) is 38.8 Å². The number of aliphatic carboxylic acids is 1. The number of nitrogens with one attached hydrogen (secondary N) is 1. The fourth-order valence-electron chi connectivity index (χ4n) is 6.59. The van der Waals surface area contributed by atoms with Crippen molar-refractivity contribution in [2.75, 3.05) is 0 Å². The summed E-state index contributed by atoms with van der Waals surface area (Å²) in [6, 6.07) is 5.24. The van der Waals surface area contributed by atoms with E-state index in [0.717, 1.165) is 65.0 Å². The van der Waals surface area contributed by atoms with Crippen LogP contribution < -0.4 is 10.1 Å². The lowest BCUT2D eigenvalue weighted by atomic mass is 9.84. The summed E-state index contributed by atoms with van der Waals surface area (Å²) in [5.41, 5.74) is 4.96. The first-order valence-corrected chi connectivity index (χ1v) is 17.8. The Hall–Kier alpha value is -3.22. The monoisotopic (exact) mass is 653 g/mol. The highest BCUT2D eigenvalue weighted by Gasteiger charge is 2.34. The van der Waals surface area contributed by atoms with Crippen LogP contribution >= 0.6 is 0 Å². The molecule has 2 aromatic carbocycles. The number of rotatable bonds is 16. The maximum atomic E-state index is 10.8. The Morgan fingerprint density at radius 2 is 1.40 bits per heavy atom. The summed E-state index contributed by atoms with van der Waals surface area (Å²) in [4.78, 5) is 21.6. The molecule has 0 saturated carbocycles. The van der Waals surface area contributed by atoms with Gasteiger partial charge in [0.1, 0.15) is 28.9 Å². The van der Waals surface area contributed by atoms with Gasteiger partial charge in [0.05, 0.1) is 0 Å². The fraction of sp³-hybridized carbons (Fsp3) is 0.650. The van der Waals surface area contributed by atoms with Crippen LogP contribution in [0.1, 0.15) is 134 Å². The van der Waals surface area contributed by atoms with Gasteiger partial charge in [-0.05, 0) is 106 Å². The Labute approximate surface area is 284 Å². The van der Waals surface area contributed by atoms with Gasteiger partial charge >= 0.3 is 5.97 Å². The number of ether oxygens (including phenoxy) is 1. The first-order valence-electron chi connectivity index (χ1n) is 17.8. The maximum Gasteiger partial charge on any atom is 0.326 e. The second kappa shape index (κ2) is 18.9. The molecular weight excluding hydrogens is 590 g/mol. The third kappa shape index (κ3) is 13.4. The van der Waals surface area contributed by atoms with Crippen LogP contribution in [0.5, 0.6) is 17.2 Å². The third-order valence-corrected chi connectivity index (χ3v) is 9.92. The van der Waals surface area contributed by atoms with Crippen LogP contribution in [-0.2, 0) is 22.4 Å². The predicted molar refractivity (Wildman–Crippen MR) is 191 cm³/mol. The van der Waals surface area contributed by atoms with Gasteiger partial charge in [-0.25, -0.2) is 4.79 Å². The summed E-state index contributed by atoms with van der Waals surface area (Å²) in [5, 5.41) is 30.7. The van der Waals surface area contributed by atoms with Gasteiger partial charge in [0.15, 0.2) is 0 Å². The molecule has 1 heterocycles. The fourth-order valence-corrected chi connectivity index (χ4v) is 6.59. The zero-order valence-electron chi connectivity index (χ0n) is 30.7. The number of carbonyl (C=O) groups excluding carboxylic acids is 1. The second-order valence-corrected chi connectivity index (χ2v) is 14.9. The van der Waals surface area contributed by atoms with E-state index in [1.807, 2.05) is 13.8 Å². The van der Waals surface area contributed by atoms with Gasteiger partial charge in [-0.2, -0.15) is 0 Å². The van der Waals surface area contributed by atoms with Crippen LogP contribution in [0.2, 0.25) is 0 Å². The van der Waals surface area contributed by atoms with Crippen molar-refractivity contribution in [2.24, 2.45) is 17.8 Å². The molecule has 47 heavy (non-hydrogen) atoms. The van der Waals surface area contributed by atoms with E-state index in [-0.39, 0.29) is 23.7 Å². The van der Waals surface area contributed by atoms with Gasteiger partial charge < -0.3 is 25.4 Å². The number of carboxylic acids is 1. The number of phenolic OH excluding ortho intramolecular Hbond substituents is 2. The number of aromatic hydroxyl groups is 2. The van der Waals surface area contributed by atoms with Crippen LogP contribution in [0.4, 0.5) is 0 Å². The van der Waals surface area contributed by atoms with E-state index in [0.29, 0.717) is 5.75 Å². The quantitative estimate of drug-likeness (QED) is 0.143. The van der Waals surface area contributed by atoms with Gasteiger partial charge in [-0.3, -0.25) is 4.79 Å². The average Bonchev–Trinajstić information content (AvgIpc) is 2.99. The number of phenols is 2. The van der Waals surface area contributed by atoms with Crippen LogP contribution in [0, 0.1) is 38.5 Å². The molecule has 264 valence electrons. The van der Waals surface area contributed by atoms with Gasteiger partial charge in [0, 0.05) is 18.9 Å². The van der Waals surface area contributed by atoms with E-state index in [4.69, 9.17) is 14.9 Å². The highest BCUT2D eigenvalue weighted by atomic mass is 16.5. The number of carboxylic acid groups (broad SMARTS) is 1. The molecule has 4 atom stereocenters. The van der Waals surface area contributed by atoms with Crippen LogP contribution in [0.15, 0.2) is 24.3 Å². The van der Waals surface area contributed by atoms with Crippen LogP contribution in [0.25, 0.3) is 0 Å². The lowest BCUT2D eigenvalue weighted by molar-refractivity contribution is -0.141. The van der Waals surface area contributed by atoms with Crippen molar-refractivity contribution < 1.29 is 29.6 Å². The minimum atomic E-state index is -1.08. The van der Waals surface area contributed by atoms with E-state index in [1.54, 1.807) is 12.1 Å². The van der Waals surface area contributed by atoms with E-state index < -0.39 is 12.0 Å². The van der Waals surface area contributed by atoms with E-state index >= 15 is 0 Å². The summed E-state index contributed by atoms with van der Waals surface area (Å²) in [6.45, 7) is 19.2. The number of hydrogen-bond acceptors (Lipinski definition) is 5. The SMILES string of the molecule is CC(=O)NC(Cc1ccc(O)cc1)C(=O)O.Cc1c(C)c2c(c(C)c1O)CC[C@@](C)(CCCC(C)CCCC(C)CCCC(C)C)O2. The lowest BCUT2D eigenvalue weighted by Crippen LogP contribution is -2.41. The largest absolute Gasteiger partial charge is 0.508 e. The molecule has 7 nitrogen and oxygen atoms in total. The third-order valence-electron chi connectivity index (χ3n) is 9.92. The highest BCUT2D eigenvalue weighted by molar-refractivity contribution is 5.82. The molecule has 4 N–H and O–H groups in total.